The van der Waals surface area contributed by atoms with Crippen molar-refractivity contribution >= 4 is 11.6 Å². The van der Waals surface area contributed by atoms with Gasteiger partial charge in [-0.1, -0.05) is 30.3 Å². The normalized spacial score (nSPS) is 10.2. The van der Waals surface area contributed by atoms with E-state index in [2.05, 4.69) is 10.2 Å². The Balaban J connectivity index is 2.20. The Bertz CT molecular complexity index is 383. The quantitative estimate of drug-likeness (QED) is 0.730. The van der Waals surface area contributed by atoms with Crippen LogP contribution < -0.4 is 0 Å². The fraction of sp³-hybridized carbons (Fsp3) is 0.111. The average molecular weight is 194 g/mol. The van der Waals surface area contributed by atoms with Gasteiger partial charge in [-0.3, -0.25) is 4.57 Å². The molecule has 0 unspecified atom stereocenters. The van der Waals surface area contributed by atoms with Crippen molar-refractivity contribution in [1.82, 2.24) is 14.8 Å². The topological polar surface area (TPSA) is 30.7 Å². The molecule has 0 spiro atoms. The zero-order chi connectivity index (χ0) is 9.10. The number of aromatic nitrogens is 3. The standard InChI is InChI=1S/C9H8ClN3/c10-9-12-11-7-13(9)6-8-4-2-1-3-5-8/h1-5,7H,6H2. The fourth-order valence-corrected chi connectivity index (χ4v) is 1.27. The maximum Gasteiger partial charge on any atom is 0.225 e. The number of halogens is 1. The Kier molecular flexibility index (Phi) is 2.27. The molecule has 0 radical (unpaired) electrons. The van der Waals surface area contributed by atoms with E-state index in [1.165, 1.54) is 5.56 Å². The summed E-state index contributed by atoms with van der Waals surface area (Å²) in [7, 11) is 0. The maximum atomic E-state index is 5.78. The molecule has 13 heavy (non-hydrogen) atoms. The number of benzene rings is 1. The Labute approximate surface area is 81.0 Å². The van der Waals surface area contributed by atoms with Gasteiger partial charge in [0.2, 0.25) is 5.28 Å². The molecule has 0 aliphatic heterocycles. The summed E-state index contributed by atoms with van der Waals surface area (Å²) in [4.78, 5) is 0. The van der Waals surface area contributed by atoms with Crippen LogP contribution in [-0.4, -0.2) is 14.8 Å². The van der Waals surface area contributed by atoms with E-state index in [-0.39, 0.29) is 0 Å². The predicted octanol–water partition coefficient (Wildman–Crippen LogP) is 1.98. The molecule has 2 rings (SSSR count). The van der Waals surface area contributed by atoms with Crippen LogP contribution in [0.5, 0.6) is 0 Å². The van der Waals surface area contributed by atoms with Crippen LogP contribution in [0.4, 0.5) is 0 Å². The fourth-order valence-electron chi connectivity index (χ4n) is 1.13. The van der Waals surface area contributed by atoms with Crippen molar-refractivity contribution in [1.29, 1.82) is 0 Å². The highest BCUT2D eigenvalue weighted by Gasteiger charge is 1.99. The van der Waals surface area contributed by atoms with E-state index in [9.17, 15) is 0 Å². The molecule has 0 N–H and O–H groups in total. The number of rotatable bonds is 2. The summed E-state index contributed by atoms with van der Waals surface area (Å²) in [6, 6.07) is 10.0. The number of nitrogens with zero attached hydrogens (tertiary/aromatic N) is 3. The summed E-state index contributed by atoms with van der Waals surface area (Å²) in [6.45, 7) is 0.715. The smallest absolute Gasteiger partial charge is 0.225 e. The molecule has 0 aliphatic rings. The second-order valence-corrected chi connectivity index (χ2v) is 3.05. The number of hydrogen-bond acceptors (Lipinski definition) is 2. The van der Waals surface area contributed by atoms with Crippen LogP contribution in [0.15, 0.2) is 36.7 Å². The third-order valence-electron chi connectivity index (χ3n) is 1.76. The van der Waals surface area contributed by atoms with E-state index < -0.39 is 0 Å². The molecule has 2 aromatic rings. The largest absolute Gasteiger partial charge is 0.300 e. The van der Waals surface area contributed by atoms with E-state index in [1.807, 2.05) is 30.3 Å². The molecule has 0 fully saturated rings. The van der Waals surface area contributed by atoms with Crippen molar-refractivity contribution in [2.24, 2.45) is 0 Å². The molecule has 3 nitrogen and oxygen atoms in total. The van der Waals surface area contributed by atoms with Gasteiger partial charge >= 0.3 is 0 Å². The van der Waals surface area contributed by atoms with Crippen molar-refractivity contribution < 1.29 is 0 Å². The Hall–Kier alpha value is -1.35. The summed E-state index contributed by atoms with van der Waals surface area (Å²) < 4.78 is 1.79. The van der Waals surface area contributed by atoms with Crippen molar-refractivity contribution in [2.45, 2.75) is 6.54 Å². The van der Waals surface area contributed by atoms with Gasteiger partial charge in [-0.15, -0.1) is 10.2 Å². The van der Waals surface area contributed by atoms with E-state index in [4.69, 9.17) is 11.6 Å². The Morgan fingerprint density at radius 1 is 1.23 bits per heavy atom. The van der Waals surface area contributed by atoms with Gasteiger partial charge in [-0.05, 0) is 17.2 Å². The summed E-state index contributed by atoms with van der Waals surface area (Å²) in [5, 5.41) is 7.81. The minimum atomic E-state index is 0.420. The van der Waals surface area contributed by atoms with Crippen LogP contribution in [0.25, 0.3) is 0 Å². The highest BCUT2D eigenvalue weighted by molar-refractivity contribution is 6.28. The average Bonchev–Trinajstić information content (AvgIpc) is 2.54. The zero-order valence-electron chi connectivity index (χ0n) is 6.89. The van der Waals surface area contributed by atoms with Crippen LogP contribution in [0, 0.1) is 0 Å². The first-order valence-electron chi connectivity index (χ1n) is 3.93. The Morgan fingerprint density at radius 3 is 2.62 bits per heavy atom. The van der Waals surface area contributed by atoms with Crippen molar-refractivity contribution in [3.8, 4) is 0 Å². The summed E-state index contributed by atoms with van der Waals surface area (Å²) in [5.74, 6) is 0. The molecule has 1 heterocycles. The van der Waals surface area contributed by atoms with Crippen molar-refractivity contribution in [2.75, 3.05) is 0 Å². The van der Waals surface area contributed by atoms with Gasteiger partial charge in [-0.2, -0.15) is 0 Å². The van der Waals surface area contributed by atoms with Gasteiger partial charge in [0.1, 0.15) is 6.33 Å². The molecule has 66 valence electrons. The van der Waals surface area contributed by atoms with Crippen molar-refractivity contribution in [3.05, 3.63) is 47.5 Å². The molecule has 1 aromatic carbocycles. The van der Waals surface area contributed by atoms with E-state index in [0.717, 1.165) is 0 Å². The van der Waals surface area contributed by atoms with Gasteiger partial charge in [0, 0.05) is 0 Å². The van der Waals surface area contributed by atoms with Crippen LogP contribution in [0.1, 0.15) is 5.56 Å². The van der Waals surface area contributed by atoms with Crippen molar-refractivity contribution in [3.63, 3.8) is 0 Å². The highest BCUT2D eigenvalue weighted by atomic mass is 35.5. The summed E-state index contributed by atoms with van der Waals surface area (Å²) in [6.07, 6.45) is 1.62. The van der Waals surface area contributed by atoms with Gasteiger partial charge in [0.05, 0.1) is 6.54 Å². The first kappa shape index (κ1) is 8.26. The molecule has 0 saturated heterocycles. The molecule has 0 saturated carbocycles. The second-order valence-electron chi connectivity index (χ2n) is 2.71. The SMILES string of the molecule is Clc1nncn1Cc1ccccc1. The lowest BCUT2D eigenvalue weighted by atomic mass is 10.2. The zero-order valence-corrected chi connectivity index (χ0v) is 7.65. The predicted molar refractivity (Wildman–Crippen MR) is 50.6 cm³/mol. The lowest BCUT2D eigenvalue weighted by Crippen LogP contribution is -1.97. The third-order valence-corrected chi connectivity index (χ3v) is 2.06. The van der Waals surface area contributed by atoms with Gasteiger partial charge in [0.15, 0.2) is 0 Å². The maximum absolute atomic E-state index is 5.78. The first-order valence-corrected chi connectivity index (χ1v) is 4.31. The van der Waals surface area contributed by atoms with Crippen LogP contribution in [0.3, 0.4) is 0 Å². The lowest BCUT2D eigenvalue weighted by molar-refractivity contribution is 0.795. The molecule has 4 heteroatoms. The Morgan fingerprint density at radius 2 is 2.00 bits per heavy atom. The molecule has 0 amide bonds. The van der Waals surface area contributed by atoms with Gasteiger partial charge in [-0.25, -0.2) is 0 Å². The highest BCUT2D eigenvalue weighted by Crippen LogP contribution is 2.07. The van der Waals surface area contributed by atoms with Gasteiger partial charge in [0.25, 0.3) is 0 Å². The number of hydrogen-bond donors (Lipinski definition) is 0. The molecule has 0 atom stereocenters. The monoisotopic (exact) mass is 193 g/mol. The molecule has 1 aromatic heterocycles. The molecular formula is C9H8ClN3. The first-order chi connectivity index (χ1) is 6.36. The van der Waals surface area contributed by atoms with Crippen LogP contribution >= 0.6 is 11.6 Å². The van der Waals surface area contributed by atoms with E-state index in [1.54, 1.807) is 10.9 Å². The summed E-state index contributed by atoms with van der Waals surface area (Å²) >= 11 is 5.78. The minimum Gasteiger partial charge on any atom is -0.300 e. The third kappa shape index (κ3) is 1.87. The molecular weight excluding hydrogens is 186 g/mol. The van der Waals surface area contributed by atoms with E-state index >= 15 is 0 Å². The summed E-state index contributed by atoms with van der Waals surface area (Å²) in [5.41, 5.74) is 1.18. The van der Waals surface area contributed by atoms with E-state index in [0.29, 0.717) is 11.8 Å². The van der Waals surface area contributed by atoms with Crippen LogP contribution in [0.2, 0.25) is 5.28 Å². The van der Waals surface area contributed by atoms with Crippen LogP contribution in [-0.2, 0) is 6.54 Å². The molecule has 0 bridgehead atoms. The minimum absolute atomic E-state index is 0.420. The van der Waals surface area contributed by atoms with Gasteiger partial charge < -0.3 is 0 Å². The second kappa shape index (κ2) is 3.58. The molecule has 0 aliphatic carbocycles. The lowest BCUT2D eigenvalue weighted by Gasteiger charge is -2.01.